The molecule has 0 saturated heterocycles. The lowest BCUT2D eigenvalue weighted by atomic mass is 9.95. The molecule has 0 fully saturated rings. The summed E-state index contributed by atoms with van der Waals surface area (Å²) in [6.45, 7) is 0. The first-order chi connectivity index (χ1) is 23.7. The molecule has 0 saturated carbocycles. The van der Waals surface area contributed by atoms with E-state index in [1.807, 2.05) is 18.3 Å². The molecule has 0 aliphatic carbocycles. The van der Waals surface area contributed by atoms with E-state index in [1.54, 1.807) is 0 Å². The maximum atomic E-state index is 5.14. The lowest BCUT2D eigenvalue weighted by Gasteiger charge is -2.12. The number of rotatable bonds is 3. The Morgan fingerprint density at radius 3 is 1.67 bits per heavy atom. The van der Waals surface area contributed by atoms with E-state index in [1.165, 1.54) is 21.5 Å². The van der Waals surface area contributed by atoms with Crippen molar-refractivity contribution in [2.24, 2.45) is 0 Å². The van der Waals surface area contributed by atoms with Crippen molar-refractivity contribution < 1.29 is 0 Å². The van der Waals surface area contributed by atoms with Gasteiger partial charge in [-0.3, -0.25) is 4.98 Å². The number of fused-ring (bicyclic) bond motifs is 8. The van der Waals surface area contributed by atoms with E-state index in [-0.39, 0.29) is 0 Å². The first-order valence-electron chi connectivity index (χ1n) is 16.1. The largest absolute Gasteiger partial charge is 0.254 e. The molecule has 4 heteroatoms. The van der Waals surface area contributed by atoms with Crippen LogP contribution in [-0.2, 0) is 0 Å². The normalized spacial score (nSPS) is 11.8. The van der Waals surface area contributed by atoms with Crippen molar-refractivity contribution in [2.75, 3.05) is 0 Å². The minimum atomic E-state index is 0.838. The van der Waals surface area contributed by atoms with Gasteiger partial charge in [-0.05, 0) is 87.3 Å². The number of hydrogen-bond acceptors (Lipinski definition) is 4. The molecule has 0 spiro atoms. The predicted octanol–water partition coefficient (Wildman–Crippen LogP) is 11.2. The van der Waals surface area contributed by atoms with Crippen molar-refractivity contribution >= 4 is 65.2 Å². The second kappa shape index (κ2) is 10.5. The molecule has 10 rings (SSSR count). The van der Waals surface area contributed by atoms with Crippen LogP contribution in [0.15, 0.2) is 158 Å². The van der Waals surface area contributed by atoms with Crippen molar-refractivity contribution in [3.8, 4) is 33.8 Å². The molecule has 10 aromatic rings. The second-order valence-electron chi connectivity index (χ2n) is 12.3. The first kappa shape index (κ1) is 26.7. The summed E-state index contributed by atoms with van der Waals surface area (Å²) in [7, 11) is 0. The van der Waals surface area contributed by atoms with Gasteiger partial charge in [0, 0.05) is 33.3 Å². The maximum Gasteiger partial charge on any atom is 0.0972 e. The zero-order valence-corrected chi connectivity index (χ0v) is 25.8. The second-order valence-corrected chi connectivity index (χ2v) is 12.3. The minimum absolute atomic E-state index is 0.838. The highest BCUT2D eigenvalue weighted by atomic mass is 14.8. The van der Waals surface area contributed by atoms with Crippen molar-refractivity contribution in [3.05, 3.63) is 158 Å². The standard InChI is InChI=1S/C44H26N4/c1-2-8-34-31(6-1)26-37(36-10-4-3-9-35(34)36)40-20-16-32-24-29(14-18-38(32)46-40)30-15-19-39-33(25-30)17-22-41(47-39)42-21-13-28-12-11-27-7-5-23-45-43(27)44(28)48-42/h1-26H. The van der Waals surface area contributed by atoms with Crippen molar-refractivity contribution in [3.63, 3.8) is 0 Å². The molecule has 222 valence electrons. The van der Waals surface area contributed by atoms with E-state index in [0.717, 1.165) is 77.4 Å². The molecule has 0 unspecified atom stereocenters. The molecule has 0 aliphatic heterocycles. The topological polar surface area (TPSA) is 51.6 Å². The summed E-state index contributed by atoms with van der Waals surface area (Å²) < 4.78 is 0. The van der Waals surface area contributed by atoms with Crippen LogP contribution in [0, 0.1) is 0 Å². The molecule has 48 heavy (non-hydrogen) atoms. The Balaban J connectivity index is 1.000. The highest BCUT2D eigenvalue weighted by Crippen LogP contribution is 2.36. The highest BCUT2D eigenvalue weighted by Gasteiger charge is 2.12. The van der Waals surface area contributed by atoms with E-state index in [4.69, 9.17) is 15.0 Å². The van der Waals surface area contributed by atoms with Crippen LogP contribution in [0.1, 0.15) is 0 Å². The van der Waals surface area contributed by atoms with Crippen LogP contribution in [0.25, 0.3) is 98.9 Å². The van der Waals surface area contributed by atoms with Gasteiger partial charge in [-0.25, -0.2) is 15.0 Å². The highest BCUT2D eigenvalue weighted by molar-refractivity contribution is 6.13. The van der Waals surface area contributed by atoms with Gasteiger partial charge in [0.05, 0.1) is 39.1 Å². The summed E-state index contributed by atoms with van der Waals surface area (Å²) in [5.74, 6) is 0. The molecule has 0 aliphatic rings. The lowest BCUT2D eigenvalue weighted by Crippen LogP contribution is -1.91. The van der Waals surface area contributed by atoms with Crippen molar-refractivity contribution in [1.29, 1.82) is 0 Å². The fourth-order valence-electron chi connectivity index (χ4n) is 7.04. The Hall–Kier alpha value is -6.52. The molecule has 0 bridgehead atoms. The minimum Gasteiger partial charge on any atom is -0.254 e. The van der Waals surface area contributed by atoms with Gasteiger partial charge in [-0.15, -0.1) is 0 Å². The Morgan fingerprint density at radius 1 is 0.333 bits per heavy atom. The van der Waals surface area contributed by atoms with Crippen LogP contribution < -0.4 is 0 Å². The van der Waals surface area contributed by atoms with E-state index < -0.39 is 0 Å². The zero-order chi connectivity index (χ0) is 31.6. The van der Waals surface area contributed by atoms with Crippen LogP contribution in [0.5, 0.6) is 0 Å². The molecule has 4 nitrogen and oxygen atoms in total. The maximum absolute atomic E-state index is 5.14. The van der Waals surface area contributed by atoms with Gasteiger partial charge in [0.2, 0.25) is 0 Å². The van der Waals surface area contributed by atoms with Crippen molar-refractivity contribution in [1.82, 2.24) is 19.9 Å². The summed E-state index contributed by atoms with van der Waals surface area (Å²) in [4.78, 5) is 19.7. The van der Waals surface area contributed by atoms with Gasteiger partial charge in [-0.2, -0.15) is 0 Å². The third-order valence-electron chi connectivity index (χ3n) is 9.45. The Kier molecular flexibility index (Phi) is 5.84. The number of nitrogens with zero attached hydrogens (tertiary/aromatic N) is 4. The van der Waals surface area contributed by atoms with E-state index in [9.17, 15) is 0 Å². The molecular weight excluding hydrogens is 585 g/mol. The molecule has 0 N–H and O–H groups in total. The van der Waals surface area contributed by atoms with Gasteiger partial charge >= 0.3 is 0 Å². The fraction of sp³-hybridized carbons (Fsp3) is 0. The van der Waals surface area contributed by atoms with Gasteiger partial charge < -0.3 is 0 Å². The fourth-order valence-corrected chi connectivity index (χ4v) is 7.04. The third kappa shape index (κ3) is 4.31. The van der Waals surface area contributed by atoms with E-state index in [0.29, 0.717) is 0 Å². The molecule has 0 amide bonds. The molecule has 0 atom stereocenters. The summed E-state index contributed by atoms with van der Waals surface area (Å²) in [5.41, 5.74) is 9.82. The van der Waals surface area contributed by atoms with Gasteiger partial charge in [0.15, 0.2) is 0 Å². The Labute approximate surface area is 276 Å². The summed E-state index contributed by atoms with van der Waals surface area (Å²) in [6.07, 6.45) is 1.82. The van der Waals surface area contributed by atoms with Gasteiger partial charge in [-0.1, -0.05) is 97.1 Å². The third-order valence-corrected chi connectivity index (χ3v) is 9.45. The predicted molar refractivity (Wildman–Crippen MR) is 199 cm³/mol. The lowest BCUT2D eigenvalue weighted by molar-refractivity contribution is 1.31. The summed E-state index contributed by atoms with van der Waals surface area (Å²) >= 11 is 0. The number of hydrogen-bond donors (Lipinski definition) is 0. The molecular formula is C44H26N4. The Bertz CT molecular complexity index is 2910. The molecule has 4 heterocycles. The van der Waals surface area contributed by atoms with Crippen LogP contribution in [0.4, 0.5) is 0 Å². The van der Waals surface area contributed by atoms with Crippen LogP contribution >= 0.6 is 0 Å². The number of pyridine rings is 4. The summed E-state index contributed by atoms with van der Waals surface area (Å²) in [6, 6.07) is 53.3. The SMILES string of the molecule is c1ccc2c(c1)cc(-c1ccc3cc(-c4ccc5nc(-c6ccc7ccc8cccnc8c7n6)ccc5c4)ccc3n1)c1ccccc12. The van der Waals surface area contributed by atoms with E-state index in [2.05, 4.69) is 145 Å². The number of benzene rings is 6. The van der Waals surface area contributed by atoms with E-state index >= 15 is 0 Å². The summed E-state index contributed by atoms with van der Waals surface area (Å²) in [5, 5.41) is 9.30. The van der Waals surface area contributed by atoms with Gasteiger partial charge in [0.1, 0.15) is 0 Å². The smallest absolute Gasteiger partial charge is 0.0972 e. The van der Waals surface area contributed by atoms with Crippen LogP contribution in [0.2, 0.25) is 0 Å². The average Bonchev–Trinajstić information content (AvgIpc) is 3.16. The van der Waals surface area contributed by atoms with Crippen molar-refractivity contribution in [2.45, 2.75) is 0 Å². The average molecular weight is 611 g/mol. The Morgan fingerprint density at radius 2 is 0.896 bits per heavy atom. The monoisotopic (exact) mass is 610 g/mol. The molecule has 0 radical (unpaired) electrons. The first-order valence-corrected chi connectivity index (χ1v) is 16.1. The molecule has 4 aromatic heterocycles. The van der Waals surface area contributed by atoms with Crippen LogP contribution in [0.3, 0.4) is 0 Å². The zero-order valence-electron chi connectivity index (χ0n) is 25.8. The number of aromatic nitrogens is 4. The van der Waals surface area contributed by atoms with Gasteiger partial charge in [0.25, 0.3) is 0 Å². The van der Waals surface area contributed by atoms with Crippen LogP contribution in [-0.4, -0.2) is 19.9 Å². The molecule has 6 aromatic carbocycles. The quantitative estimate of drug-likeness (QED) is 0.187.